The van der Waals surface area contributed by atoms with Crippen LogP contribution in [0.1, 0.15) is 49.5 Å². The fourth-order valence-electron chi connectivity index (χ4n) is 2.20. The van der Waals surface area contributed by atoms with Crippen LogP contribution in [0.2, 0.25) is 0 Å². The molecule has 6 heteroatoms. The van der Waals surface area contributed by atoms with Gasteiger partial charge >= 0.3 is 5.97 Å². The average Bonchev–Trinajstić information content (AvgIpc) is 2.54. The first-order chi connectivity index (χ1) is 11.7. The van der Waals surface area contributed by atoms with Crippen LogP contribution < -0.4 is 4.72 Å². The molecule has 0 saturated carbocycles. The van der Waals surface area contributed by atoms with E-state index in [9.17, 15) is 13.2 Å². The summed E-state index contributed by atoms with van der Waals surface area (Å²) in [5, 5.41) is 0. The number of nitrogens with one attached hydrogen (secondary N) is 1. The number of hydrogen-bond acceptors (Lipinski definition) is 4. The quantitative estimate of drug-likeness (QED) is 0.784. The van der Waals surface area contributed by atoms with E-state index in [-0.39, 0.29) is 11.0 Å². The summed E-state index contributed by atoms with van der Waals surface area (Å²) < 4.78 is 32.5. The van der Waals surface area contributed by atoms with Crippen molar-refractivity contribution in [1.29, 1.82) is 0 Å². The Labute approximate surface area is 149 Å². The molecule has 0 aliphatic heterocycles. The Balaban J connectivity index is 2.13. The Morgan fingerprint density at radius 3 is 1.96 bits per heavy atom. The Morgan fingerprint density at radius 1 is 0.920 bits per heavy atom. The predicted molar refractivity (Wildman–Crippen MR) is 98.3 cm³/mol. The van der Waals surface area contributed by atoms with Gasteiger partial charge in [-0.25, -0.2) is 13.2 Å². The lowest BCUT2D eigenvalue weighted by molar-refractivity contribution is 0.0378. The van der Waals surface area contributed by atoms with Crippen LogP contribution in [-0.2, 0) is 14.8 Å². The molecule has 5 nitrogen and oxygen atoms in total. The zero-order chi connectivity index (χ0) is 18.6. The lowest BCUT2D eigenvalue weighted by Gasteiger charge is -2.11. The monoisotopic (exact) mass is 361 g/mol. The zero-order valence-electron chi connectivity index (χ0n) is 14.8. The minimum atomic E-state index is -3.67. The highest BCUT2D eigenvalue weighted by atomic mass is 32.2. The van der Waals surface area contributed by atoms with E-state index in [1.165, 1.54) is 24.3 Å². The molecule has 2 aromatic rings. The minimum absolute atomic E-state index is 0.195. The summed E-state index contributed by atoms with van der Waals surface area (Å²) in [6.45, 7) is 7.64. The summed E-state index contributed by atoms with van der Waals surface area (Å²) in [4.78, 5) is 12.0. The van der Waals surface area contributed by atoms with E-state index in [4.69, 9.17) is 4.74 Å². The van der Waals surface area contributed by atoms with Gasteiger partial charge in [0.05, 0.1) is 16.6 Å². The summed E-state index contributed by atoms with van der Waals surface area (Å²) >= 11 is 0. The van der Waals surface area contributed by atoms with Crippen molar-refractivity contribution in [1.82, 2.24) is 0 Å². The minimum Gasteiger partial charge on any atom is -0.459 e. The van der Waals surface area contributed by atoms with E-state index in [1.807, 2.05) is 26.0 Å². The average molecular weight is 361 g/mol. The molecule has 0 aliphatic carbocycles. The molecule has 0 spiro atoms. The molecule has 0 amide bonds. The topological polar surface area (TPSA) is 72.5 Å². The summed E-state index contributed by atoms with van der Waals surface area (Å²) in [5.74, 6) is -0.100. The molecule has 0 heterocycles. The number of rotatable bonds is 6. The number of carbonyl (C=O) groups is 1. The number of anilines is 1. The first-order valence-electron chi connectivity index (χ1n) is 8.13. The maximum Gasteiger partial charge on any atom is 0.338 e. The molecule has 0 fully saturated rings. The van der Waals surface area contributed by atoms with Gasteiger partial charge in [0.2, 0.25) is 0 Å². The summed E-state index contributed by atoms with van der Waals surface area (Å²) in [7, 11) is -3.67. The fraction of sp³-hybridized carbons (Fsp3) is 0.316. The summed E-state index contributed by atoms with van der Waals surface area (Å²) in [6, 6.07) is 12.9. The van der Waals surface area contributed by atoms with Crippen molar-refractivity contribution in [3.05, 3.63) is 59.7 Å². The van der Waals surface area contributed by atoms with Gasteiger partial charge in [0, 0.05) is 5.69 Å². The smallest absolute Gasteiger partial charge is 0.338 e. The van der Waals surface area contributed by atoms with Gasteiger partial charge in [-0.1, -0.05) is 26.0 Å². The van der Waals surface area contributed by atoms with Crippen LogP contribution in [0.4, 0.5) is 5.69 Å². The second-order valence-electron chi connectivity index (χ2n) is 6.36. The van der Waals surface area contributed by atoms with Crippen LogP contribution in [-0.4, -0.2) is 20.5 Å². The summed E-state index contributed by atoms with van der Waals surface area (Å²) in [5.41, 5.74) is 1.83. The van der Waals surface area contributed by atoms with E-state index in [1.54, 1.807) is 26.0 Å². The molecule has 0 saturated heterocycles. The molecule has 0 atom stereocenters. The molecule has 2 rings (SSSR count). The number of sulfonamides is 1. The van der Waals surface area contributed by atoms with E-state index < -0.39 is 16.0 Å². The van der Waals surface area contributed by atoms with Gasteiger partial charge in [-0.15, -0.1) is 0 Å². The van der Waals surface area contributed by atoms with Gasteiger partial charge in [-0.05, 0) is 61.7 Å². The number of hydrogen-bond donors (Lipinski definition) is 1. The van der Waals surface area contributed by atoms with Crippen LogP contribution in [0, 0.1) is 0 Å². The lowest BCUT2D eigenvalue weighted by atomic mass is 10.0. The number of carbonyl (C=O) groups excluding carboxylic acids is 1. The molecule has 0 unspecified atom stereocenters. The van der Waals surface area contributed by atoms with Crippen molar-refractivity contribution >= 4 is 21.7 Å². The lowest BCUT2D eigenvalue weighted by Crippen LogP contribution is -2.14. The normalized spacial score (nSPS) is 11.6. The third-order valence-electron chi connectivity index (χ3n) is 3.57. The van der Waals surface area contributed by atoms with Gasteiger partial charge in [0.1, 0.15) is 0 Å². The highest BCUT2D eigenvalue weighted by Gasteiger charge is 2.15. The van der Waals surface area contributed by atoms with Crippen LogP contribution in [0.3, 0.4) is 0 Å². The predicted octanol–water partition coefficient (Wildman–Crippen LogP) is 4.18. The Kier molecular flexibility index (Phi) is 5.85. The van der Waals surface area contributed by atoms with Crippen LogP contribution >= 0.6 is 0 Å². The number of esters is 1. The summed E-state index contributed by atoms with van der Waals surface area (Å²) in [6.07, 6.45) is -0.209. The van der Waals surface area contributed by atoms with E-state index in [2.05, 4.69) is 4.72 Å². The molecule has 134 valence electrons. The molecule has 0 aliphatic rings. The molecular formula is C19H23NO4S. The van der Waals surface area contributed by atoms with Crippen LogP contribution in [0.5, 0.6) is 0 Å². The van der Waals surface area contributed by atoms with Gasteiger partial charge < -0.3 is 4.74 Å². The van der Waals surface area contributed by atoms with Crippen molar-refractivity contribution in [3.63, 3.8) is 0 Å². The van der Waals surface area contributed by atoms with Crippen molar-refractivity contribution in [2.75, 3.05) is 4.72 Å². The third kappa shape index (κ3) is 5.06. The van der Waals surface area contributed by atoms with Crippen molar-refractivity contribution in [2.24, 2.45) is 0 Å². The Morgan fingerprint density at radius 2 is 1.48 bits per heavy atom. The van der Waals surface area contributed by atoms with E-state index >= 15 is 0 Å². The van der Waals surface area contributed by atoms with Gasteiger partial charge in [0.25, 0.3) is 10.0 Å². The van der Waals surface area contributed by atoms with E-state index in [0.29, 0.717) is 17.2 Å². The second kappa shape index (κ2) is 7.70. The largest absolute Gasteiger partial charge is 0.459 e. The Hall–Kier alpha value is -2.34. The number of benzene rings is 2. The fourth-order valence-corrected chi connectivity index (χ4v) is 3.26. The molecule has 2 aromatic carbocycles. The second-order valence-corrected chi connectivity index (χ2v) is 8.04. The number of ether oxygens (including phenoxy) is 1. The molecule has 0 aromatic heterocycles. The van der Waals surface area contributed by atoms with Crippen LogP contribution in [0.15, 0.2) is 53.4 Å². The third-order valence-corrected chi connectivity index (χ3v) is 4.97. The maximum absolute atomic E-state index is 12.4. The molecular weight excluding hydrogens is 338 g/mol. The molecule has 0 bridgehead atoms. The Bertz CT molecular complexity index is 823. The highest BCUT2D eigenvalue weighted by molar-refractivity contribution is 7.92. The standard InChI is InChI=1S/C19H23NO4S/c1-13(2)15-7-11-18(12-8-15)25(22,23)20-17-9-5-16(6-10-17)19(21)24-14(3)4/h5-14,20H,1-4H3. The van der Waals surface area contributed by atoms with Gasteiger partial charge in [-0.2, -0.15) is 0 Å². The van der Waals surface area contributed by atoms with Gasteiger partial charge in [0.15, 0.2) is 0 Å². The first-order valence-corrected chi connectivity index (χ1v) is 9.61. The first kappa shape index (κ1) is 19.0. The van der Waals surface area contributed by atoms with Crippen molar-refractivity contribution in [3.8, 4) is 0 Å². The molecule has 25 heavy (non-hydrogen) atoms. The van der Waals surface area contributed by atoms with Gasteiger partial charge in [-0.3, -0.25) is 4.72 Å². The van der Waals surface area contributed by atoms with Crippen molar-refractivity contribution < 1.29 is 17.9 Å². The SMILES string of the molecule is CC(C)OC(=O)c1ccc(NS(=O)(=O)c2ccc(C(C)C)cc2)cc1. The highest BCUT2D eigenvalue weighted by Crippen LogP contribution is 2.20. The van der Waals surface area contributed by atoms with Crippen molar-refractivity contribution in [2.45, 2.75) is 44.6 Å². The van der Waals surface area contributed by atoms with Crippen LogP contribution in [0.25, 0.3) is 0 Å². The van der Waals surface area contributed by atoms with E-state index in [0.717, 1.165) is 5.56 Å². The molecule has 0 radical (unpaired) electrons. The molecule has 1 N–H and O–H groups in total. The zero-order valence-corrected chi connectivity index (χ0v) is 15.6. The maximum atomic E-state index is 12.4.